The Morgan fingerprint density at radius 1 is 1.50 bits per heavy atom. The van der Waals surface area contributed by atoms with E-state index >= 15 is 0 Å². The molecule has 0 aliphatic carbocycles. The van der Waals surface area contributed by atoms with E-state index < -0.39 is 9.84 Å². The number of nitrogens with one attached hydrogen (secondary N) is 1. The average molecular weight is 212 g/mol. The smallest absolute Gasteiger partial charge is 0.154 e. The lowest BCUT2D eigenvalue weighted by Gasteiger charge is -2.27. The van der Waals surface area contributed by atoms with Crippen LogP contribution in [0.3, 0.4) is 0 Å². The molecular formula is C9H12N2O2S. The molecular weight excluding hydrogens is 200 g/mol. The first-order valence-corrected chi connectivity index (χ1v) is 6.26. The second kappa shape index (κ2) is 3.24. The lowest BCUT2D eigenvalue weighted by molar-refractivity contribution is 0.570. The van der Waals surface area contributed by atoms with Crippen LogP contribution in [0.5, 0.6) is 0 Å². The minimum absolute atomic E-state index is 0.0582. The molecule has 1 N–H and O–H groups in total. The van der Waals surface area contributed by atoms with Crippen LogP contribution in [-0.4, -0.2) is 30.9 Å². The average Bonchev–Trinajstić information content (AvgIpc) is 2.05. The summed E-state index contributed by atoms with van der Waals surface area (Å²) in [5, 5.41) is 3.16. The first-order valence-electron chi connectivity index (χ1n) is 4.44. The van der Waals surface area contributed by atoms with Crippen molar-refractivity contribution < 1.29 is 8.42 Å². The third kappa shape index (κ3) is 1.87. The van der Waals surface area contributed by atoms with Gasteiger partial charge in [-0.25, -0.2) is 8.42 Å². The van der Waals surface area contributed by atoms with Crippen molar-refractivity contribution in [3.8, 4) is 0 Å². The number of nitrogens with zero attached hydrogens (tertiary/aromatic N) is 1. The van der Waals surface area contributed by atoms with Crippen molar-refractivity contribution >= 4 is 15.5 Å². The molecule has 1 aromatic heterocycles. The van der Waals surface area contributed by atoms with Crippen LogP contribution in [-0.2, 0) is 9.84 Å². The van der Waals surface area contributed by atoms with Gasteiger partial charge in [-0.2, -0.15) is 0 Å². The molecule has 0 radical (unpaired) electrons. The lowest BCUT2D eigenvalue weighted by atomic mass is 10.2. The fraction of sp³-hybridized carbons (Fsp3) is 0.444. The zero-order valence-corrected chi connectivity index (χ0v) is 8.71. The maximum absolute atomic E-state index is 10.9. The number of hydrogen-bond donors (Lipinski definition) is 1. The van der Waals surface area contributed by atoms with E-state index in [0.717, 1.165) is 11.3 Å². The number of aromatic nitrogens is 1. The predicted octanol–water partition coefficient (Wildman–Crippen LogP) is 0.599. The van der Waals surface area contributed by atoms with E-state index in [4.69, 9.17) is 0 Å². The Kier molecular flexibility index (Phi) is 2.19. The van der Waals surface area contributed by atoms with Crippen LogP contribution in [0.1, 0.15) is 5.56 Å². The van der Waals surface area contributed by atoms with E-state index in [1.165, 1.54) is 0 Å². The maximum Gasteiger partial charge on any atom is 0.154 e. The number of anilines is 1. The number of hydrogen-bond acceptors (Lipinski definition) is 4. The Morgan fingerprint density at radius 2 is 2.21 bits per heavy atom. The molecule has 2 heterocycles. The van der Waals surface area contributed by atoms with Gasteiger partial charge in [-0.3, -0.25) is 4.98 Å². The molecule has 1 saturated heterocycles. The van der Waals surface area contributed by atoms with Crippen LogP contribution >= 0.6 is 0 Å². The van der Waals surface area contributed by atoms with Gasteiger partial charge in [-0.1, -0.05) is 0 Å². The summed E-state index contributed by atoms with van der Waals surface area (Å²) >= 11 is 0. The molecule has 14 heavy (non-hydrogen) atoms. The highest BCUT2D eigenvalue weighted by Crippen LogP contribution is 2.18. The largest absolute Gasteiger partial charge is 0.379 e. The fourth-order valence-corrected chi connectivity index (χ4v) is 2.78. The minimum Gasteiger partial charge on any atom is -0.379 e. The van der Waals surface area contributed by atoms with E-state index in [9.17, 15) is 8.42 Å². The van der Waals surface area contributed by atoms with E-state index in [0.29, 0.717) is 0 Å². The highest BCUT2D eigenvalue weighted by Gasteiger charge is 2.33. The monoisotopic (exact) mass is 212 g/mol. The van der Waals surface area contributed by atoms with Crippen molar-refractivity contribution in [2.24, 2.45) is 0 Å². The normalized spacial score (nSPS) is 20.1. The molecule has 5 heteroatoms. The van der Waals surface area contributed by atoms with Crippen LogP contribution in [0.25, 0.3) is 0 Å². The lowest BCUT2D eigenvalue weighted by Crippen LogP contribution is -2.46. The van der Waals surface area contributed by atoms with Crippen LogP contribution in [0.2, 0.25) is 0 Å². The Hall–Kier alpha value is -1.10. The van der Waals surface area contributed by atoms with Crippen molar-refractivity contribution in [1.29, 1.82) is 0 Å². The van der Waals surface area contributed by atoms with Gasteiger partial charge in [0.25, 0.3) is 0 Å². The number of pyridine rings is 1. The summed E-state index contributed by atoms with van der Waals surface area (Å²) in [4.78, 5) is 3.98. The van der Waals surface area contributed by atoms with Gasteiger partial charge < -0.3 is 5.32 Å². The van der Waals surface area contributed by atoms with Crippen LogP contribution < -0.4 is 5.32 Å². The van der Waals surface area contributed by atoms with Gasteiger partial charge in [0.15, 0.2) is 9.84 Å². The molecule has 0 bridgehead atoms. The Morgan fingerprint density at radius 3 is 2.79 bits per heavy atom. The molecule has 0 saturated carbocycles. The van der Waals surface area contributed by atoms with Crippen molar-refractivity contribution in [3.05, 3.63) is 24.0 Å². The van der Waals surface area contributed by atoms with Crippen molar-refractivity contribution in [3.63, 3.8) is 0 Å². The first kappa shape index (κ1) is 9.45. The Labute approximate surface area is 83.3 Å². The van der Waals surface area contributed by atoms with Gasteiger partial charge in [-0.15, -0.1) is 0 Å². The number of sulfone groups is 1. The summed E-state index contributed by atoms with van der Waals surface area (Å²) in [6.45, 7) is 1.97. The summed E-state index contributed by atoms with van der Waals surface area (Å²) < 4.78 is 21.8. The Balaban J connectivity index is 2.03. The van der Waals surface area contributed by atoms with Crippen LogP contribution in [0, 0.1) is 6.92 Å². The predicted molar refractivity (Wildman–Crippen MR) is 55.0 cm³/mol. The molecule has 0 amide bonds. The van der Waals surface area contributed by atoms with Crippen LogP contribution in [0.15, 0.2) is 18.5 Å². The molecule has 4 nitrogen and oxygen atoms in total. The molecule has 0 aromatic carbocycles. The molecule has 1 aromatic rings. The third-order valence-corrected chi connectivity index (χ3v) is 4.13. The van der Waals surface area contributed by atoms with Crippen molar-refractivity contribution in [1.82, 2.24) is 4.98 Å². The number of aryl methyl sites for hydroxylation is 1. The molecule has 1 fully saturated rings. The van der Waals surface area contributed by atoms with Crippen LogP contribution in [0.4, 0.5) is 5.69 Å². The zero-order chi connectivity index (χ0) is 10.2. The Bertz CT molecular complexity index is 430. The van der Waals surface area contributed by atoms with Crippen molar-refractivity contribution in [2.75, 3.05) is 16.8 Å². The third-order valence-electron chi connectivity index (χ3n) is 2.31. The standard InChI is InChI=1S/C9H12N2O2S/c1-7-2-3-10-4-9(7)11-8-5-14(12,13)6-8/h2-4,8,11H,5-6H2,1H3. The van der Waals surface area contributed by atoms with Gasteiger partial charge in [0, 0.05) is 6.20 Å². The van der Waals surface area contributed by atoms with E-state index in [-0.39, 0.29) is 17.5 Å². The molecule has 0 spiro atoms. The fourth-order valence-electron chi connectivity index (χ4n) is 1.48. The van der Waals surface area contributed by atoms with E-state index in [2.05, 4.69) is 10.3 Å². The van der Waals surface area contributed by atoms with E-state index in [1.807, 2.05) is 13.0 Å². The maximum atomic E-state index is 10.9. The second-order valence-electron chi connectivity index (χ2n) is 3.61. The number of rotatable bonds is 2. The summed E-state index contributed by atoms with van der Waals surface area (Å²) in [6.07, 6.45) is 3.44. The van der Waals surface area contributed by atoms with Gasteiger partial charge >= 0.3 is 0 Å². The molecule has 76 valence electrons. The van der Waals surface area contributed by atoms with Gasteiger partial charge in [0.1, 0.15) is 0 Å². The highest BCUT2D eigenvalue weighted by molar-refractivity contribution is 7.92. The summed E-state index contributed by atoms with van der Waals surface area (Å²) in [7, 11) is -2.75. The molecule has 2 rings (SSSR count). The van der Waals surface area contributed by atoms with E-state index in [1.54, 1.807) is 12.4 Å². The quantitative estimate of drug-likeness (QED) is 0.780. The topological polar surface area (TPSA) is 59.1 Å². The second-order valence-corrected chi connectivity index (χ2v) is 5.76. The molecule has 1 aliphatic heterocycles. The molecule has 0 unspecified atom stereocenters. The summed E-state index contributed by atoms with van der Waals surface area (Å²) in [5.74, 6) is 0.475. The van der Waals surface area contributed by atoms with Gasteiger partial charge in [0.05, 0.1) is 29.4 Å². The summed E-state index contributed by atoms with van der Waals surface area (Å²) in [6, 6.07) is 1.96. The highest BCUT2D eigenvalue weighted by atomic mass is 32.2. The zero-order valence-electron chi connectivity index (χ0n) is 7.90. The van der Waals surface area contributed by atoms with Gasteiger partial charge in [-0.05, 0) is 18.6 Å². The first-order chi connectivity index (χ1) is 6.57. The van der Waals surface area contributed by atoms with Crippen molar-refractivity contribution in [2.45, 2.75) is 13.0 Å². The molecule has 1 aliphatic rings. The summed E-state index contributed by atoms with van der Waals surface area (Å²) in [5.41, 5.74) is 2.01. The minimum atomic E-state index is -2.75. The SMILES string of the molecule is Cc1ccncc1NC1CS(=O)(=O)C1. The molecule has 0 atom stereocenters. The van der Waals surface area contributed by atoms with Gasteiger partial charge in [0.2, 0.25) is 0 Å².